The molecule has 0 saturated heterocycles. The first kappa shape index (κ1) is 14.5. The molecule has 0 aliphatic rings. The maximum absolute atomic E-state index is 2.36. The van der Waals surface area contributed by atoms with Crippen molar-refractivity contribution in [2.75, 3.05) is 0 Å². The van der Waals surface area contributed by atoms with Crippen molar-refractivity contribution in [3.63, 3.8) is 0 Å². The second-order valence-electron chi connectivity index (χ2n) is 5.59. The van der Waals surface area contributed by atoms with Crippen molar-refractivity contribution in [3.8, 4) is 0 Å². The van der Waals surface area contributed by atoms with Gasteiger partial charge < -0.3 is 0 Å². The van der Waals surface area contributed by atoms with Crippen LogP contribution in [0, 0.1) is 11.3 Å². The highest BCUT2D eigenvalue weighted by Crippen LogP contribution is 2.25. The van der Waals surface area contributed by atoms with E-state index in [1.807, 2.05) is 0 Å². The Kier molecular flexibility index (Phi) is 5.93. The highest BCUT2D eigenvalue weighted by atomic mass is 14.2. The van der Waals surface area contributed by atoms with Gasteiger partial charge in [-0.2, -0.15) is 0 Å². The van der Waals surface area contributed by atoms with Crippen molar-refractivity contribution in [1.29, 1.82) is 0 Å². The molecule has 0 fully saturated rings. The van der Waals surface area contributed by atoms with Gasteiger partial charge in [0.1, 0.15) is 0 Å². The van der Waals surface area contributed by atoms with Crippen LogP contribution in [0.3, 0.4) is 0 Å². The van der Waals surface area contributed by atoms with Crippen molar-refractivity contribution < 1.29 is 0 Å². The molecule has 15 heavy (non-hydrogen) atoms. The Hall–Kier alpha value is -0.520. The molecule has 0 rings (SSSR count). The minimum atomic E-state index is 0.341. The summed E-state index contributed by atoms with van der Waals surface area (Å²) in [6.45, 7) is 15.8. The Balaban J connectivity index is 4.59. The average molecular weight is 208 g/mol. The first-order valence-corrected chi connectivity index (χ1v) is 6.16. The summed E-state index contributed by atoms with van der Waals surface area (Å²) < 4.78 is 0. The molecule has 0 aromatic rings. The SMILES string of the molecule is CCCC(C)(C)C=CC(C)=C(C)C(C)C. The molecule has 0 heteroatoms. The summed E-state index contributed by atoms with van der Waals surface area (Å²) in [5, 5.41) is 0. The fourth-order valence-electron chi connectivity index (χ4n) is 1.67. The van der Waals surface area contributed by atoms with Crippen LogP contribution in [0.2, 0.25) is 0 Å². The van der Waals surface area contributed by atoms with E-state index in [2.05, 4.69) is 60.6 Å². The molecule has 0 aliphatic carbocycles. The molecule has 0 aromatic heterocycles. The Morgan fingerprint density at radius 3 is 2.13 bits per heavy atom. The summed E-state index contributed by atoms with van der Waals surface area (Å²) in [6.07, 6.45) is 7.17. The van der Waals surface area contributed by atoms with E-state index in [4.69, 9.17) is 0 Å². The van der Waals surface area contributed by atoms with Gasteiger partial charge in [0.05, 0.1) is 0 Å². The second-order valence-corrected chi connectivity index (χ2v) is 5.59. The lowest BCUT2D eigenvalue weighted by Gasteiger charge is -2.19. The molecular formula is C15H28. The van der Waals surface area contributed by atoms with Crippen molar-refractivity contribution >= 4 is 0 Å². The maximum Gasteiger partial charge on any atom is -0.0172 e. The number of hydrogen-bond acceptors (Lipinski definition) is 0. The Morgan fingerprint density at radius 2 is 1.73 bits per heavy atom. The van der Waals surface area contributed by atoms with E-state index in [9.17, 15) is 0 Å². The highest BCUT2D eigenvalue weighted by Gasteiger charge is 2.11. The van der Waals surface area contributed by atoms with Crippen LogP contribution < -0.4 is 0 Å². The lowest BCUT2D eigenvalue weighted by atomic mass is 9.86. The van der Waals surface area contributed by atoms with Crippen LogP contribution in [0.5, 0.6) is 0 Å². The van der Waals surface area contributed by atoms with E-state index >= 15 is 0 Å². The number of hydrogen-bond donors (Lipinski definition) is 0. The predicted octanol–water partition coefficient (Wildman–Crippen LogP) is 5.36. The Bertz CT molecular complexity index is 239. The summed E-state index contributed by atoms with van der Waals surface area (Å²) in [4.78, 5) is 0. The molecule has 0 aromatic carbocycles. The zero-order chi connectivity index (χ0) is 12.1. The molecule has 0 heterocycles. The summed E-state index contributed by atoms with van der Waals surface area (Å²) in [5.74, 6) is 0.656. The van der Waals surface area contributed by atoms with Crippen LogP contribution in [-0.2, 0) is 0 Å². The molecule has 0 nitrogen and oxygen atoms in total. The second kappa shape index (κ2) is 6.15. The molecule has 0 unspecified atom stereocenters. The molecule has 88 valence electrons. The van der Waals surface area contributed by atoms with Gasteiger partial charge >= 0.3 is 0 Å². The average Bonchev–Trinajstić information content (AvgIpc) is 2.13. The van der Waals surface area contributed by atoms with E-state index in [1.165, 1.54) is 24.0 Å². The van der Waals surface area contributed by atoms with E-state index < -0.39 is 0 Å². The zero-order valence-electron chi connectivity index (χ0n) is 11.6. The lowest BCUT2D eigenvalue weighted by Crippen LogP contribution is -2.06. The maximum atomic E-state index is 2.36. The smallest absolute Gasteiger partial charge is 0.0172 e. The Morgan fingerprint density at radius 1 is 1.20 bits per heavy atom. The predicted molar refractivity (Wildman–Crippen MR) is 71.0 cm³/mol. The minimum absolute atomic E-state index is 0.341. The molecule has 0 bridgehead atoms. The summed E-state index contributed by atoms with van der Waals surface area (Å²) in [7, 11) is 0. The van der Waals surface area contributed by atoms with Crippen LogP contribution in [0.25, 0.3) is 0 Å². The van der Waals surface area contributed by atoms with Gasteiger partial charge in [-0.3, -0.25) is 0 Å². The van der Waals surface area contributed by atoms with Crippen molar-refractivity contribution in [2.45, 2.75) is 61.3 Å². The van der Waals surface area contributed by atoms with E-state index in [0.717, 1.165) is 0 Å². The molecule has 0 N–H and O–H groups in total. The monoisotopic (exact) mass is 208 g/mol. The van der Waals surface area contributed by atoms with Crippen molar-refractivity contribution in [2.24, 2.45) is 11.3 Å². The summed E-state index contributed by atoms with van der Waals surface area (Å²) in [6, 6.07) is 0. The van der Waals surface area contributed by atoms with Gasteiger partial charge in [0, 0.05) is 0 Å². The van der Waals surface area contributed by atoms with Gasteiger partial charge in [-0.1, -0.05) is 64.3 Å². The molecule has 0 atom stereocenters. The van der Waals surface area contributed by atoms with E-state index in [0.29, 0.717) is 11.3 Å². The molecule has 0 amide bonds. The quantitative estimate of drug-likeness (QED) is 0.533. The lowest BCUT2D eigenvalue weighted by molar-refractivity contribution is 0.431. The number of allylic oxidation sites excluding steroid dienone is 4. The molecule has 0 radical (unpaired) electrons. The molecule has 0 aliphatic heterocycles. The van der Waals surface area contributed by atoms with Gasteiger partial charge in [-0.05, 0) is 31.6 Å². The fourth-order valence-corrected chi connectivity index (χ4v) is 1.67. The largest absolute Gasteiger partial charge is 0.0786 e. The Labute approximate surface area is 96.5 Å². The summed E-state index contributed by atoms with van der Waals surface area (Å²) in [5.41, 5.74) is 3.26. The third kappa shape index (κ3) is 5.81. The van der Waals surface area contributed by atoms with Crippen LogP contribution in [-0.4, -0.2) is 0 Å². The molecule has 0 spiro atoms. The van der Waals surface area contributed by atoms with E-state index in [1.54, 1.807) is 0 Å². The highest BCUT2D eigenvalue weighted by molar-refractivity contribution is 5.24. The first-order valence-electron chi connectivity index (χ1n) is 6.16. The van der Waals surface area contributed by atoms with Crippen LogP contribution in [0.15, 0.2) is 23.3 Å². The third-order valence-electron chi connectivity index (χ3n) is 3.17. The van der Waals surface area contributed by atoms with Crippen LogP contribution >= 0.6 is 0 Å². The van der Waals surface area contributed by atoms with Gasteiger partial charge in [0.2, 0.25) is 0 Å². The normalized spacial score (nSPS) is 14.9. The fraction of sp³-hybridized carbons (Fsp3) is 0.733. The van der Waals surface area contributed by atoms with Gasteiger partial charge in [0.15, 0.2) is 0 Å². The van der Waals surface area contributed by atoms with Crippen molar-refractivity contribution in [3.05, 3.63) is 23.3 Å². The van der Waals surface area contributed by atoms with Crippen LogP contribution in [0.4, 0.5) is 0 Å². The first-order chi connectivity index (χ1) is 6.80. The van der Waals surface area contributed by atoms with Gasteiger partial charge in [-0.25, -0.2) is 0 Å². The minimum Gasteiger partial charge on any atom is -0.0786 e. The third-order valence-corrected chi connectivity index (χ3v) is 3.17. The topological polar surface area (TPSA) is 0 Å². The molecular weight excluding hydrogens is 180 g/mol. The van der Waals surface area contributed by atoms with Gasteiger partial charge in [-0.15, -0.1) is 0 Å². The number of rotatable bonds is 5. The molecule has 0 saturated carbocycles. The van der Waals surface area contributed by atoms with E-state index in [-0.39, 0.29) is 0 Å². The summed E-state index contributed by atoms with van der Waals surface area (Å²) >= 11 is 0. The van der Waals surface area contributed by atoms with Crippen LogP contribution in [0.1, 0.15) is 61.3 Å². The van der Waals surface area contributed by atoms with Gasteiger partial charge in [0.25, 0.3) is 0 Å². The standard InChI is InChI=1S/C15H28/c1-8-10-15(6,7)11-9-13(4)14(5)12(2)3/h9,11-12H,8,10H2,1-7H3. The van der Waals surface area contributed by atoms with Crippen molar-refractivity contribution in [1.82, 2.24) is 0 Å². The zero-order valence-corrected chi connectivity index (χ0v) is 11.6.